The molecule has 0 radical (unpaired) electrons. The van der Waals surface area contributed by atoms with Gasteiger partial charge in [0.1, 0.15) is 6.54 Å². The van der Waals surface area contributed by atoms with Crippen molar-refractivity contribution < 1.29 is 9.90 Å². The second kappa shape index (κ2) is 6.51. The normalized spacial score (nSPS) is 12.8. The number of aliphatic hydroxyl groups excluding tert-OH is 1. The Bertz CT molecular complexity index is 401. The number of amides is 1. The van der Waals surface area contributed by atoms with Crippen LogP contribution in [-0.4, -0.2) is 59.0 Å². The lowest BCUT2D eigenvalue weighted by Crippen LogP contribution is -2.39. The van der Waals surface area contributed by atoms with Crippen molar-refractivity contribution in [3.63, 3.8) is 0 Å². The lowest BCUT2D eigenvalue weighted by atomic mass is 10.3. The van der Waals surface area contributed by atoms with Crippen molar-refractivity contribution in [2.45, 2.75) is 26.5 Å². The zero-order valence-electron chi connectivity index (χ0n) is 11.5. The van der Waals surface area contributed by atoms with Gasteiger partial charge in [-0.3, -0.25) is 9.48 Å². The quantitative estimate of drug-likeness (QED) is 0.720. The summed E-state index contributed by atoms with van der Waals surface area (Å²) < 4.78 is 1.66. The van der Waals surface area contributed by atoms with Gasteiger partial charge in [0.15, 0.2) is 0 Å². The van der Waals surface area contributed by atoms with Gasteiger partial charge in [-0.05, 0) is 34.0 Å². The lowest BCUT2D eigenvalue weighted by Gasteiger charge is -2.16. The molecule has 0 aliphatic heterocycles. The number of hydrogen-bond acceptors (Lipinski definition) is 4. The number of aromatic nitrogens is 2. The number of nitrogens with zero attached hydrogens (tertiary/aromatic N) is 3. The fourth-order valence-electron chi connectivity index (χ4n) is 1.74. The zero-order chi connectivity index (χ0) is 13.7. The van der Waals surface area contributed by atoms with Gasteiger partial charge in [0.25, 0.3) is 0 Å². The Balaban J connectivity index is 2.36. The van der Waals surface area contributed by atoms with Crippen molar-refractivity contribution in [2.24, 2.45) is 0 Å². The van der Waals surface area contributed by atoms with Crippen LogP contribution in [0.25, 0.3) is 0 Å². The van der Waals surface area contributed by atoms with Gasteiger partial charge in [0.05, 0.1) is 11.8 Å². The largest absolute Gasteiger partial charge is 0.390 e. The number of hydrogen-bond donors (Lipinski definition) is 2. The smallest absolute Gasteiger partial charge is 0.241 e. The zero-order valence-corrected chi connectivity index (χ0v) is 11.5. The number of aryl methyl sites for hydroxylation is 2. The highest BCUT2D eigenvalue weighted by Crippen LogP contribution is 2.00. The van der Waals surface area contributed by atoms with Gasteiger partial charge in [0.2, 0.25) is 5.91 Å². The first-order valence-electron chi connectivity index (χ1n) is 5.99. The van der Waals surface area contributed by atoms with Crippen LogP contribution in [0.1, 0.15) is 11.4 Å². The molecule has 1 aromatic heterocycles. The van der Waals surface area contributed by atoms with Crippen LogP contribution in [-0.2, 0) is 11.3 Å². The number of rotatable bonds is 6. The maximum absolute atomic E-state index is 11.7. The highest BCUT2D eigenvalue weighted by Gasteiger charge is 2.10. The van der Waals surface area contributed by atoms with Crippen LogP contribution in [0.3, 0.4) is 0 Å². The molecule has 0 aliphatic carbocycles. The van der Waals surface area contributed by atoms with Crippen LogP contribution in [0.15, 0.2) is 6.07 Å². The molecule has 0 saturated heterocycles. The first-order valence-corrected chi connectivity index (χ1v) is 5.99. The summed E-state index contributed by atoms with van der Waals surface area (Å²) in [5.74, 6) is -0.140. The molecule has 1 unspecified atom stereocenters. The standard InChI is InChI=1S/C12H22N4O2/c1-9-5-10(2)16(14-9)8-12(18)13-6-11(17)7-15(3)4/h5,11,17H,6-8H2,1-4H3,(H,13,18). The molecular formula is C12H22N4O2. The summed E-state index contributed by atoms with van der Waals surface area (Å²) in [6.07, 6.45) is -0.551. The van der Waals surface area contributed by atoms with Crippen LogP contribution in [0, 0.1) is 13.8 Å². The third-order valence-corrected chi connectivity index (χ3v) is 2.51. The molecule has 1 aromatic rings. The van der Waals surface area contributed by atoms with E-state index in [9.17, 15) is 9.90 Å². The first-order chi connectivity index (χ1) is 8.38. The van der Waals surface area contributed by atoms with Crippen LogP contribution < -0.4 is 5.32 Å². The highest BCUT2D eigenvalue weighted by atomic mass is 16.3. The summed E-state index contributed by atoms with van der Waals surface area (Å²) in [5, 5.41) is 16.5. The molecule has 0 aromatic carbocycles. The summed E-state index contributed by atoms with van der Waals surface area (Å²) in [4.78, 5) is 13.5. The molecule has 6 nitrogen and oxygen atoms in total. The van der Waals surface area contributed by atoms with Crippen LogP contribution in [0.5, 0.6) is 0 Å². The molecule has 1 rings (SSSR count). The molecule has 1 atom stereocenters. The number of aliphatic hydroxyl groups is 1. The third kappa shape index (κ3) is 4.85. The molecule has 2 N–H and O–H groups in total. The van der Waals surface area contributed by atoms with Crippen molar-refractivity contribution in [3.8, 4) is 0 Å². The van der Waals surface area contributed by atoms with Crippen molar-refractivity contribution in [2.75, 3.05) is 27.2 Å². The predicted octanol–water partition coefficient (Wildman–Crippen LogP) is -0.461. The highest BCUT2D eigenvalue weighted by molar-refractivity contribution is 5.75. The second-order valence-electron chi connectivity index (χ2n) is 4.80. The minimum absolute atomic E-state index is 0.140. The van der Waals surface area contributed by atoms with E-state index in [4.69, 9.17) is 0 Å². The predicted molar refractivity (Wildman–Crippen MR) is 69.3 cm³/mol. The van der Waals surface area contributed by atoms with E-state index in [1.165, 1.54) is 0 Å². The Morgan fingerprint density at radius 3 is 2.72 bits per heavy atom. The van der Waals surface area contributed by atoms with E-state index in [-0.39, 0.29) is 19.0 Å². The van der Waals surface area contributed by atoms with Crippen molar-refractivity contribution in [3.05, 3.63) is 17.5 Å². The summed E-state index contributed by atoms with van der Waals surface area (Å²) in [6.45, 7) is 4.78. The Hall–Kier alpha value is -1.40. The van der Waals surface area contributed by atoms with Gasteiger partial charge >= 0.3 is 0 Å². The van der Waals surface area contributed by atoms with E-state index in [1.54, 1.807) is 4.68 Å². The molecule has 1 amide bonds. The van der Waals surface area contributed by atoms with Gasteiger partial charge in [-0.15, -0.1) is 0 Å². The van der Waals surface area contributed by atoms with Gasteiger partial charge in [-0.25, -0.2) is 0 Å². The first kappa shape index (κ1) is 14.7. The van der Waals surface area contributed by atoms with E-state index in [0.29, 0.717) is 6.54 Å². The van der Waals surface area contributed by atoms with Crippen molar-refractivity contribution in [1.82, 2.24) is 20.0 Å². The molecule has 6 heteroatoms. The van der Waals surface area contributed by atoms with E-state index >= 15 is 0 Å². The monoisotopic (exact) mass is 254 g/mol. The average molecular weight is 254 g/mol. The van der Waals surface area contributed by atoms with Gasteiger partial charge in [-0.1, -0.05) is 0 Å². The molecule has 0 saturated carbocycles. The summed E-state index contributed by atoms with van der Waals surface area (Å²) in [7, 11) is 3.75. The molecule has 0 spiro atoms. The number of carbonyl (C=O) groups is 1. The average Bonchev–Trinajstić information content (AvgIpc) is 2.53. The van der Waals surface area contributed by atoms with Gasteiger partial charge in [-0.2, -0.15) is 5.10 Å². The van der Waals surface area contributed by atoms with Gasteiger partial charge < -0.3 is 15.3 Å². The topological polar surface area (TPSA) is 70.4 Å². The fourth-order valence-corrected chi connectivity index (χ4v) is 1.74. The SMILES string of the molecule is Cc1cc(C)n(CC(=O)NCC(O)CN(C)C)n1. The molecule has 1 heterocycles. The second-order valence-corrected chi connectivity index (χ2v) is 4.80. The summed E-state index contributed by atoms with van der Waals surface area (Å²) >= 11 is 0. The van der Waals surface area contributed by atoms with Crippen molar-refractivity contribution >= 4 is 5.91 Å². The lowest BCUT2D eigenvalue weighted by molar-refractivity contribution is -0.122. The maximum Gasteiger partial charge on any atom is 0.241 e. The molecule has 0 bridgehead atoms. The molecule has 102 valence electrons. The van der Waals surface area contributed by atoms with E-state index in [2.05, 4.69) is 10.4 Å². The van der Waals surface area contributed by atoms with Crippen LogP contribution in [0.2, 0.25) is 0 Å². The number of likely N-dealkylation sites (N-methyl/N-ethyl adjacent to an activating group) is 1. The fraction of sp³-hybridized carbons (Fsp3) is 0.667. The molecule has 0 aliphatic rings. The molecular weight excluding hydrogens is 232 g/mol. The summed E-state index contributed by atoms with van der Waals surface area (Å²) in [6, 6.07) is 1.92. The minimum atomic E-state index is -0.551. The Labute approximate surface area is 108 Å². The Morgan fingerprint density at radius 2 is 2.22 bits per heavy atom. The maximum atomic E-state index is 11.7. The third-order valence-electron chi connectivity index (χ3n) is 2.51. The van der Waals surface area contributed by atoms with Crippen LogP contribution >= 0.6 is 0 Å². The molecule has 0 fully saturated rings. The van der Waals surface area contributed by atoms with Crippen molar-refractivity contribution in [1.29, 1.82) is 0 Å². The summed E-state index contributed by atoms with van der Waals surface area (Å²) in [5.41, 5.74) is 1.85. The number of nitrogens with one attached hydrogen (secondary N) is 1. The van der Waals surface area contributed by atoms with E-state index < -0.39 is 6.10 Å². The van der Waals surface area contributed by atoms with Gasteiger partial charge in [0, 0.05) is 18.8 Å². The Kier molecular flexibility index (Phi) is 5.30. The van der Waals surface area contributed by atoms with E-state index in [0.717, 1.165) is 11.4 Å². The van der Waals surface area contributed by atoms with Crippen LogP contribution in [0.4, 0.5) is 0 Å². The van der Waals surface area contributed by atoms with E-state index in [1.807, 2.05) is 38.9 Å². The minimum Gasteiger partial charge on any atom is -0.390 e. The molecule has 18 heavy (non-hydrogen) atoms. The Morgan fingerprint density at radius 1 is 1.56 bits per heavy atom. The number of carbonyl (C=O) groups excluding carboxylic acids is 1.